The van der Waals surface area contributed by atoms with Crippen LogP contribution < -0.4 is 10.1 Å². The number of nitrogens with one attached hydrogen (secondary N) is 1. The first-order valence-corrected chi connectivity index (χ1v) is 6.72. The Morgan fingerprint density at radius 2 is 1.95 bits per heavy atom. The topological polar surface area (TPSA) is 38.3 Å². The van der Waals surface area contributed by atoms with Gasteiger partial charge in [0.05, 0.1) is 24.2 Å². The minimum Gasteiger partial charge on any atom is -0.496 e. The summed E-state index contributed by atoms with van der Waals surface area (Å²) >= 11 is 11.8. The number of carbonyl (C=O) groups is 1. The average Bonchev–Trinajstić information content (AvgIpc) is 2.42. The molecule has 0 aliphatic heterocycles. The van der Waals surface area contributed by atoms with Crippen molar-refractivity contribution in [3.8, 4) is 5.75 Å². The van der Waals surface area contributed by atoms with Crippen molar-refractivity contribution in [2.24, 2.45) is 0 Å². The molecule has 0 saturated heterocycles. The summed E-state index contributed by atoms with van der Waals surface area (Å²) in [6.45, 7) is 0. The number of hydrogen-bond donors (Lipinski definition) is 1. The highest BCUT2D eigenvalue weighted by Crippen LogP contribution is 2.26. The van der Waals surface area contributed by atoms with Gasteiger partial charge in [-0.05, 0) is 24.3 Å². The van der Waals surface area contributed by atoms with Crippen molar-refractivity contribution in [3.05, 3.63) is 58.1 Å². The van der Waals surface area contributed by atoms with Gasteiger partial charge in [-0.15, -0.1) is 0 Å². The first-order valence-electron chi connectivity index (χ1n) is 5.97. The third-order valence-corrected chi connectivity index (χ3v) is 3.30. The SMILES string of the molecule is COc1ccccc1CC(=O)Nc1ccc(Cl)cc1Cl. The van der Waals surface area contributed by atoms with Crippen LogP contribution in [0.3, 0.4) is 0 Å². The highest BCUT2D eigenvalue weighted by atomic mass is 35.5. The molecule has 0 radical (unpaired) electrons. The van der Waals surface area contributed by atoms with Crippen LogP contribution in [-0.2, 0) is 11.2 Å². The van der Waals surface area contributed by atoms with Crippen molar-refractivity contribution in [2.75, 3.05) is 12.4 Å². The zero-order valence-corrected chi connectivity index (χ0v) is 12.3. The number of methoxy groups -OCH3 is 1. The molecule has 20 heavy (non-hydrogen) atoms. The van der Waals surface area contributed by atoms with Gasteiger partial charge in [0.25, 0.3) is 0 Å². The number of para-hydroxylation sites is 1. The standard InChI is InChI=1S/C15H13Cl2NO2/c1-20-14-5-3-2-4-10(14)8-15(19)18-13-7-6-11(16)9-12(13)17/h2-7,9H,8H2,1H3,(H,18,19). The maximum Gasteiger partial charge on any atom is 0.228 e. The Morgan fingerprint density at radius 1 is 1.20 bits per heavy atom. The molecule has 104 valence electrons. The molecule has 0 fully saturated rings. The lowest BCUT2D eigenvalue weighted by Crippen LogP contribution is -2.15. The molecule has 2 aromatic rings. The summed E-state index contributed by atoms with van der Waals surface area (Å²) in [7, 11) is 1.58. The number of rotatable bonds is 4. The normalized spacial score (nSPS) is 10.2. The Labute approximate surface area is 127 Å². The lowest BCUT2D eigenvalue weighted by molar-refractivity contribution is -0.115. The lowest BCUT2D eigenvalue weighted by atomic mass is 10.1. The second-order valence-electron chi connectivity index (χ2n) is 4.16. The Kier molecular flexibility index (Phi) is 4.88. The van der Waals surface area contributed by atoms with E-state index in [1.54, 1.807) is 25.3 Å². The Bertz CT molecular complexity index is 629. The van der Waals surface area contributed by atoms with E-state index < -0.39 is 0 Å². The van der Waals surface area contributed by atoms with Crippen LogP contribution in [0.15, 0.2) is 42.5 Å². The zero-order valence-electron chi connectivity index (χ0n) is 10.8. The second-order valence-corrected chi connectivity index (χ2v) is 5.00. The molecule has 1 amide bonds. The molecule has 3 nitrogen and oxygen atoms in total. The maximum absolute atomic E-state index is 12.0. The van der Waals surface area contributed by atoms with E-state index in [2.05, 4.69) is 5.32 Å². The molecule has 0 saturated carbocycles. The van der Waals surface area contributed by atoms with E-state index in [-0.39, 0.29) is 12.3 Å². The minimum absolute atomic E-state index is 0.168. The molecule has 5 heteroatoms. The molecular weight excluding hydrogens is 297 g/mol. The number of carbonyl (C=O) groups excluding carboxylic acids is 1. The number of benzene rings is 2. The summed E-state index contributed by atoms with van der Waals surface area (Å²) in [6.07, 6.45) is 0.211. The Morgan fingerprint density at radius 3 is 2.65 bits per heavy atom. The highest BCUT2D eigenvalue weighted by Gasteiger charge is 2.10. The molecule has 0 bridgehead atoms. The summed E-state index contributed by atoms with van der Waals surface area (Å²) in [5, 5.41) is 3.69. The number of hydrogen-bond acceptors (Lipinski definition) is 2. The lowest BCUT2D eigenvalue weighted by Gasteiger charge is -2.10. The van der Waals surface area contributed by atoms with E-state index >= 15 is 0 Å². The van der Waals surface area contributed by atoms with Crippen molar-refractivity contribution in [2.45, 2.75) is 6.42 Å². The van der Waals surface area contributed by atoms with Crippen molar-refractivity contribution in [1.29, 1.82) is 0 Å². The van der Waals surface area contributed by atoms with Crippen LogP contribution in [-0.4, -0.2) is 13.0 Å². The van der Waals surface area contributed by atoms with Gasteiger partial charge in [-0.25, -0.2) is 0 Å². The van der Waals surface area contributed by atoms with E-state index in [4.69, 9.17) is 27.9 Å². The molecule has 0 aliphatic rings. The fourth-order valence-electron chi connectivity index (χ4n) is 1.81. The molecule has 0 spiro atoms. The van der Waals surface area contributed by atoms with Crippen LogP contribution in [0.5, 0.6) is 5.75 Å². The van der Waals surface area contributed by atoms with Crippen LogP contribution in [0.4, 0.5) is 5.69 Å². The highest BCUT2D eigenvalue weighted by molar-refractivity contribution is 6.36. The van der Waals surface area contributed by atoms with Gasteiger partial charge in [0, 0.05) is 10.6 Å². The van der Waals surface area contributed by atoms with Crippen molar-refractivity contribution < 1.29 is 9.53 Å². The van der Waals surface area contributed by atoms with Gasteiger partial charge in [-0.1, -0.05) is 41.4 Å². The summed E-state index contributed by atoms with van der Waals surface area (Å²) in [5.41, 5.74) is 1.36. The van der Waals surface area contributed by atoms with Crippen LogP contribution in [0, 0.1) is 0 Å². The van der Waals surface area contributed by atoms with Crippen molar-refractivity contribution in [3.63, 3.8) is 0 Å². The fourth-order valence-corrected chi connectivity index (χ4v) is 2.26. The number of amides is 1. The summed E-state index contributed by atoms with van der Waals surface area (Å²) in [5.74, 6) is 0.517. The van der Waals surface area contributed by atoms with Gasteiger partial charge in [0.2, 0.25) is 5.91 Å². The van der Waals surface area contributed by atoms with E-state index in [0.717, 1.165) is 5.56 Å². The van der Waals surface area contributed by atoms with Crippen LogP contribution in [0.2, 0.25) is 10.0 Å². The van der Waals surface area contributed by atoms with Gasteiger partial charge in [-0.3, -0.25) is 4.79 Å². The smallest absolute Gasteiger partial charge is 0.228 e. The van der Waals surface area contributed by atoms with Gasteiger partial charge in [0.1, 0.15) is 5.75 Å². The first kappa shape index (κ1) is 14.7. The number of halogens is 2. The van der Waals surface area contributed by atoms with Crippen LogP contribution >= 0.6 is 23.2 Å². The van der Waals surface area contributed by atoms with Crippen molar-refractivity contribution >= 4 is 34.8 Å². The van der Waals surface area contributed by atoms with E-state index in [9.17, 15) is 4.79 Å². The van der Waals surface area contributed by atoms with E-state index in [1.807, 2.05) is 24.3 Å². The Balaban J connectivity index is 2.09. The van der Waals surface area contributed by atoms with E-state index in [1.165, 1.54) is 0 Å². The van der Waals surface area contributed by atoms with Crippen molar-refractivity contribution in [1.82, 2.24) is 0 Å². The van der Waals surface area contributed by atoms with E-state index in [0.29, 0.717) is 21.5 Å². The molecule has 0 unspecified atom stereocenters. The second kappa shape index (κ2) is 6.64. The molecule has 0 heterocycles. The number of anilines is 1. The third kappa shape index (κ3) is 3.65. The number of ether oxygens (including phenoxy) is 1. The van der Waals surface area contributed by atoms with Gasteiger partial charge < -0.3 is 10.1 Å². The summed E-state index contributed by atoms with van der Waals surface area (Å²) in [4.78, 5) is 12.0. The molecule has 1 N–H and O–H groups in total. The third-order valence-electron chi connectivity index (χ3n) is 2.75. The minimum atomic E-state index is -0.168. The largest absolute Gasteiger partial charge is 0.496 e. The Hall–Kier alpha value is -1.71. The van der Waals surface area contributed by atoms with Gasteiger partial charge in [-0.2, -0.15) is 0 Å². The summed E-state index contributed by atoms with van der Waals surface area (Å²) in [6, 6.07) is 12.3. The molecular formula is C15H13Cl2NO2. The molecule has 0 atom stereocenters. The zero-order chi connectivity index (χ0) is 14.5. The predicted molar refractivity (Wildman–Crippen MR) is 81.8 cm³/mol. The van der Waals surface area contributed by atoms with Crippen LogP contribution in [0.1, 0.15) is 5.56 Å². The molecule has 0 aliphatic carbocycles. The van der Waals surface area contributed by atoms with Gasteiger partial charge >= 0.3 is 0 Å². The monoisotopic (exact) mass is 309 g/mol. The molecule has 2 rings (SSSR count). The fraction of sp³-hybridized carbons (Fsp3) is 0.133. The molecule has 2 aromatic carbocycles. The molecule has 0 aromatic heterocycles. The quantitative estimate of drug-likeness (QED) is 0.920. The first-order chi connectivity index (χ1) is 9.60. The summed E-state index contributed by atoms with van der Waals surface area (Å²) < 4.78 is 5.21. The maximum atomic E-state index is 12.0. The van der Waals surface area contributed by atoms with Gasteiger partial charge in [0.15, 0.2) is 0 Å². The van der Waals surface area contributed by atoms with Crippen LogP contribution in [0.25, 0.3) is 0 Å². The predicted octanol–water partition coefficient (Wildman–Crippen LogP) is 4.18. The average molecular weight is 310 g/mol.